The number of benzene rings is 1. The van der Waals surface area contributed by atoms with Crippen LogP contribution < -0.4 is 10.6 Å². The molecule has 0 heterocycles. The second-order valence-electron chi connectivity index (χ2n) is 5.46. The molecule has 0 unspecified atom stereocenters. The maximum absolute atomic E-state index is 11.5. The summed E-state index contributed by atoms with van der Waals surface area (Å²) in [6.07, 6.45) is 0. The minimum absolute atomic E-state index is 0.0862. The lowest BCUT2D eigenvalue weighted by Crippen LogP contribution is -2.18. The summed E-state index contributed by atoms with van der Waals surface area (Å²) in [5.41, 5.74) is 0.623. The van der Waals surface area contributed by atoms with Crippen LogP contribution in [0.1, 0.15) is 31.1 Å². The SMILES string of the molecule is CNC(=O)c1ccc(NCCSC(C)(C)C)c([N+](=O)[O-])c1. The van der Waals surface area contributed by atoms with E-state index in [1.54, 1.807) is 23.9 Å². The standard InChI is InChI=1S/C14H21N3O3S/c1-14(2,3)21-8-7-16-11-6-5-10(13(18)15-4)9-12(11)17(19)20/h5-6,9,16H,7-8H2,1-4H3,(H,15,18). The van der Waals surface area contributed by atoms with Gasteiger partial charge in [0.05, 0.1) is 4.92 Å². The van der Waals surface area contributed by atoms with Crippen LogP contribution in [0.2, 0.25) is 0 Å². The van der Waals surface area contributed by atoms with Crippen molar-refractivity contribution in [2.45, 2.75) is 25.5 Å². The molecule has 116 valence electrons. The van der Waals surface area contributed by atoms with Gasteiger partial charge in [-0.2, -0.15) is 11.8 Å². The number of nitrogens with zero attached hydrogens (tertiary/aromatic N) is 1. The number of thioether (sulfide) groups is 1. The van der Waals surface area contributed by atoms with E-state index in [-0.39, 0.29) is 21.9 Å². The van der Waals surface area contributed by atoms with Crippen LogP contribution in [0.5, 0.6) is 0 Å². The molecule has 0 bridgehead atoms. The Morgan fingerprint density at radius 1 is 1.38 bits per heavy atom. The third-order valence-electron chi connectivity index (χ3n) is 2.64. The summed E-state index contributed by atoms with van der Waals surface area (Å²) in [5.74, 6) is 0.505. The first kappa shape index (κ1) is 17.3. The van der Waals surface area contributed by atoms with Gasteiger partial charge in [-0.1, -0.05) is 20.8 Å². The Morgan fingerprint density at radius 2 is 2.05 bits per heavy atom. The fraction of sp³-hybridized carbons (Fsp3) is 0.500. The summed E-state index contributed by atoms with van der Waals surface area (Å²) in [6, 6.07) is 4.44. The minimum Gasteiger partial charge on any atom is -0.379 e. The van der Waals surface area contributed by atoms with Crippen molar-refractivity contribution in [2.24, 2.45) is 0 Å². The average molecular weight is 311 g/mol. The van der Waals surface area contributed by atoms with Crippen LogP contribution in [0.3, 0.4) is 0 Å². The van der Waals surface area contributed by atoms with Crippen molar-refractivity contribution in [3.05, 3.63) is 33.9 Å². The second-order valence-corrected chi connectivity index (χ2v) is 7.38. The lowest BCUT2D eigenvalue weighted by molar-refractivity contribution is -0.384. The van der Waals surface area contributed by atoms with Crippen LogP contribution in [0, 0.1) is 10.1 Å². The molecule has 0 aliphatic rings. The van der Waals surface area contributed by atoms with E-state index in [1.807, 2.05) is 0 Å². The molecule has 0 radical (unpaired) electrons. The molecule has 0 aromatic heterocycles. The monoisotopic (exact) mass is 311 g/mol. The summed E-state index contributed by atoms with van der Waals surface area (Å²) in [5, 5.41) is 16.6. The molecule has 21 heavy (non-hydrogen) atoms. The molecule has 0 saturated carbocycles. The maximum atomic E-state index is 11.5. The molecule has 0 fully saturated rings. The van der Waals surface area contributed by atoms with Gasteiger partial charge in [0.15, 0.2) is 0 Å². The fourth-order valence-electron chi connectivity index (χ4n) is 1.66. The Bertz CT molecular complexity index is 527. The van der Waals surface area contributed by atoms with Crippen LogP contribution in [0.15, 0.2) is 18.2 Å². The van der Waals surface area contributed by atoms with Crippen LogP contribution >= 0.6 is 11.8 Å². The summed E-state index contributed by atoms with van der Waals surface area (Å²) >= 11 is 1.78. The molecule has 1 aromatic carbocycles. The van der Waals surface area contributed by atoms with Gasteiger partial charge in [0.2, 0.25) is 0 Å². The van der Waals surface area contributed by atoms with Gasteiger partial charge in [-0.05, 0) is 12.1 Å². The summed E-state index contributed by atoms with van der Waals surface area (Å²) in [6.45, 7) is 7.00. The zero-order valence-corrected chi connectivity index (χ0v) is 13.5. The minimum atomic E-state index is -0.480. The molecule has 7 heteroatoms. The van der Waals surface area contributed by atoms with E-state index in [2.05, 4.69) is 31.4 Å². The van der Waals surface area contributed by atoms with E-state index in [9.17, 15) is 14.9 Å². The van der Waals surface area contributed by atoms with Gasteiger partial charge < -0.3 is 10.6 Å². The highest BCUT2D eigenvalue weighted by molar-refractivity contribution is 8.00. The first-order chi connectivity index (χ1) is 9.74. The topological polar surface area (TPSA) is 84.3 Å². The Labute approximate surface area is 128 Å². The number of amides is 1. The van der Waals surface area contributed by atoms with E-state index in [0.717, 1.165) is 5.75 Å². The molecule has 0 atom stereocenters. The lowest BCUT2D eigenvalue weighted by Gasteiger charge is -2.17. The highest BCUT2D eigenvalue weighted by atomic mass is 32.2. The molecular weight excluding hydrogens is 290 g/mol. The Kier molecular flexibility index (Phi) is 6.02. The van der Waals surface area contributed by atoms with Crippen molar-refractivity contribution in [3.63, 3.8) is 0 Å². The first-order valence-corrected chi connectivity index (χ1v) is 7.61. The van der Waals surface area contributed by atoms with Gasteiger partial charge >= 0.3 is 0 Å². The van der Waals surface area contributed by atoms with Crippen molar-refractivity contribution in [3.8, 4) is 0 Å². The van der Waals surface area contributed by atoms with Crippen LogP contribution in [-0.4, -0.2) is 34.9 Å². The van der Waals surface area contributed by atoms with Crippen molar-refractivity contribution in [1.82, 2.24) is 5.32 Å². The van der Waals surface area contributed by atoms with Gasteiger partial charge in [0.1, 0.15) is 5.69 Å². The van der Waals surface area contributed by atoms with E-state index in [0.29, 0.717) is 12.2 Å². The van der Waals surface area contributed by atoms with Gasteiger partial charge in [0, 0.05) is 35.7 Å². The van der Waals surface area contributed by atoms with Crippen LogP contribution in [0.25, 0.3) is 0 Å². The molecule has 1 amide bonds. The van der Waals surface area contributed by atoms with Crippen LogP contribution in [0.4, 0.5) is 11.4 Å². The predicted octanol–water partition coefficient (Wildman–Crippen LogP) is 2.90. The number of nitro groups is 1. The summed E-state index contributed by atoms with van der Waals surface area (Å²) in [4.78, 5) is 22.1. The number of anilines is 1. The van der Waals surface area contributed by atoms with Gasteiger partial charge in [-0.15, -0.1) is 0 Å². The smallest absolute Gasteiger partial charge is 0.293 e. The average Bonchev–Trinajstić information content (AvgIpc) is 2.41. The van der Waals surface area contributed by atoms with Gasteiger partial charge in [-0.3, -0.25) is 14.9 Å². The number of rotatable bonds is 6. The molecule has 6 nitrogen and oxygen atoms in total. The highest BCUT2D eigenvalue weighted by Gasteiger charge is 2.17. The van der Waals surface area contributed by atoms with Crippen molar-refractivity contribution < 1.29 is 9.72 Å². The zero-order chi connectivity index (χ0) is 16.0. The number of carbonyl (C=O) groups excluding carboxylic acids is 1. The molecule has 2 N–H and O–H groups in total. The third kappa shape index (κ3) is 5.63. The molecule has 0 aliphatic heterocycles. The zero-order valence-electron chi connectivity index (χ0n) is 12.7. The van der Waals surface area contributed by atoms with E-state index in [4.69, 9.17) is 0 Å². The highest BCUT2D eigenvalue weighted by Crippen LogP contribution is 2.27. The number of hydrogen-bond donors (Lipinski definition) is 2. The maximum Gasteiger partial charge on any atom is 0.293 e. The molecule has 0 spiro atoms. The third-order valence-corrected chi connectivity index (χ3v) is 3.91. The van der Waals surface area contributed by atoms with Gasteiger partial charge in [0.25, 0.3) is 11.6 Å². The quantitative estimate of drug-likeness (QED) is 0.479. The lowest BCUT2D eigenvalue weighted by atomic mass is 10.1. The van der Waals surface area contributed by atoms with E-state index in [1.165, 1.54) is 13.1 Å². The number of nitro benzene ring substituents is 1. The largest absolute Gasteiger partial charge is 0.379 e. The van der Waals surface area contributed by atoms with Crippen molar-refractivity contribution in [2.75, 3.05) is 24.7 Å². The number of carbonyl (C=O) groups is 1. The van der Waals surface area contributed by atoms with Crippen LogP contribution in [-0.2, 0) is 0 Å². The number of nitrogens with one attached hydrogen (secondary N) is 2. The van der Waals surface area contributed by atoms with Crippen molar-refractivity contribution in [1.29, 1.82) is 0 Å². The van der Waals surface area contributed by atoms with E-state index >= 15 is 0 Å². The molecule has 0 saturated heterocycles. The first-order valence-electron chi connectivity index (χ1n) is 6.63. The summed E-state index contributed by atoms with van der Waals surface area (Å²) in [7, 11) is 1.49. The Balaban J connectivity index is 2.78. The fourth-order valence-corrected chi connectivity index (χ4v) is 2.48. The predicted molar refractivity (Wildman–Crippen MR) is 87.2 cm³/mol. The molecular formula is C14H21N3O3S. The molecule has 0 aliphatic carbocycles. The summed E-state index contributed by atoms with van der Waals surface area (Å²) < 4.78 is 0.163. The Hall–Kier alpha value is -1.76. The van der Waals surface area contributed by atoms with Crippen molar-refractivity contribution >= 4 is 29.0 Å². The molecule has 1 rings (SSSR count). The second kappa shape index (κ2) is 7.31. The van der Waals surface area contributed by atoms with Gasteiger partial charge in [-0.25, -0.2) is 0 Å². The number of hydrogen-bond acceptors (Lipinski definition) is 5. The van der Waals surface area contributed by atoms with E-state index < -0.39 is 4.92 Å². The Morgan fingerprint density at radius 3 is 2.57 bits per heavy atom. The normalized spacial score (nSPS) is 11.0. The molecule has 1 aromatic rings.